The summed E-state index contributed by atoms with van der Waals surface area (Å²) in [6, 6.07) is 18.8. The number of aryl methyl sites for hydroxylation is 1. The predicted molar refractivity (Wildman–Crippen MR) is 197 cm³/mol. The summed E-state index contributed by atoms with van der Waals surface area (Å²) in [5, 5.41) is 19.9. The van der Waals surface area contributed by atoms with Crippen LogP contribution in [0.3, 0.4) is 0 Å². The highest BCUT2D eigenvalue weighted by molar-refractivity contribution is 7.86. The van der Waals surface area contributed by atoms with Crippen LogP contribution in [0.2, 0.25) is 0 Å². The van der Waals surface area contributed by atoms with E-state index in [0.717, 1.165) is 46.2 Å². The molecule has 10 rings (SSSR count). The molecule has 2 aliphatic carbocycles. The third kappa shape index (κ3) is 6.47. The largest absolute Gasteiger partial charge is 0.508 e. The zero-order chi connectivity index (χ0) is 36.3. The van der Waals surface area contributed by atoms with E-state index in [-0.39, 0.29) is 60.4 Å². The van der Waals surface area contributed by atoms with E-state index in [4.69, 9.17) is 20.9 Å². The quantitative estimate of drug-likeness (QED) is 0.0756. The van der Waals surface area contributed by atoms with Gasteiger partial charge in [-0.15, -0.1) is 0 Å². The number of allylic oxidation sites excluding steroid dienone is 1. The van der Waals surface area contributed by atoms with Crippen molar-refractivity contribution in [1.82, 2.24) is 0 Å². The molecule has 10 atom stereocenters. The smallest absolute Gasteiger partial charge is 0.268 e. The van der Waals surface area contributed by atoms with Crippen molar-refractivity contribution in [3.05, 3.63) is 106 Å². The first-order chi connectivity index (χ1) is 25.0. The number of nitrogens with zero attached hydrogens (tertiary/aromatic N) is 1. The van der Waals surface area contributed by atoms with Gasteiger partial charge >= 0.3 is 0 Å². The second kappa shape index (κ2) is 13.6. The van der Waals surface area contributed by atoms with Crippen LogP contribution in [0.15, 0.2) is 77.3 Å². The van der Waals surface area contributed by atoms with Crippen LogP contribution in [-0.2, 0) is 21.3 Å². The van der Waals surface area contributed by atoms with E-state index >= 15 is 0 Å². The maximum Gasteiger partial charge on any atom is 0.268 e. The first kappa shape index (κ1) is 34.7. The Kier molecular flexibility index (Phi) is 9.06. The molecular weight excluding hydrogens is 679 g/mol. The number of phenolic OH excluding ortho intramolecular Hbond substituents is 1. The minimum absolute atomic E-state index is 0.0873. The number of fused-ring (bicyclic) bond motifs is 9. The second-order valence-corrected chi connectivity index (χ2v) is 16.9. The zero-order valence-corrected chi connectivity index (χ0v) is 29.9. The third-order valence-corrected chi connectivity index (χ3v) is 13.4. The predicted octanol–water partition coefficient (Wildman–Crippen LogP) is 5.61. The number of phenols is 1. The van der Waals surface area contributed by atoms with Crippen molar-refractivity contribution in [3.63, 3.8) is 0 Å². The number of nitrogens with two attached hydrogens (primary N) is 2. The fraction of sp³-hybridized carbons (Fsp3) is 0.439. The lowest BCUT2D eigenvalue weighted by Crippen LogP contribution is -2.40. The molecule has 10 bridgehead atoms. The highest BCUT2D eigenvalue weighted by Gasteiger charge is 2.49. The molecule has 3 aromatic carbocycles. The van der Waals surface area contributed by atoms with Crippen LogP contribution >= 0.6 is 0 Å². The molecule has 52 heavy (non-hydrogen) atoms. The van der Waals surface area contributed by atoms with Gasteiger partial charge in [0.1, 0.15) is 17.6 Å². The van der Waals surface area contributed by atoms with Gasteiger partial charge in [-0.2, -0.15) is 8.42 Å². The molecule has 0 aromatic heterocycles. The minimum atomic E-state index is -4.57. The molecule has 7 aliphatic rings. The van der Waals surface area contributed by atoms with Gasteiger partial charge in [-0.05, 0) is 102 Å². The summed E-state index contributed by atoms with van der Waals surface area (Å²) in [7, 11) is -4.57. The first-order valence-corrected chi connectivity index (χ1v) is 19.7. The number of benzene rings is 3. The summed E-state index contributed by atoms with van der Waals surface area (Å²) in [5.74, 6) is 5.79. The number of aliphatic hydroxyl groups excluding tert-OH is 1. The van der Waals surface area contributed by atoms with Crippen molar-refractivity contribution in [3.8, 4) is 23.3 Å². The van der Waals surface area contributed by atoms with Gasteiger partial charge in [0.05, 0.1) is 11.4 Å². The number of aromatic hydroxyl groups is 1. The monoisotopic (exact) mass is 723 g/mol. The Bertz CT molecular complexity index is 2100. The Morgan fingerprint density at radius 2 is 1.79 bits per heavy atom. The fourth-order valence-corrected chi connectivity index (χ4v) is 10.7. The molecule has 3 aromatic rings. The summed E-state index contributed by atoms with van der Waals surface area (Å²) in [6.07, 6.45) is 3.80. The Labute approximate surface area is 304 Å². The molecule has 5 aliphatic heterocycles. The molecule has 272 valence electrons. The fourth-order valence-electron chi connectivity index (χ4n) is 9.61. The lowest BCUT2D eigenvalue weighted by Gasteiger charge is -2.42. The molecule has 1 fully saturated rings. The number of aliphatic imine (C=N–C) groups is 1. The van der Waals surface area contributed by atoms with Crippen LogP contribution in [0.25, 0.3) is 0 Å². The number of ether oxygens (including phenoxy) is 2. The number of aliphatic hydroxyl groups is 1. The van der Waals surface area contributed by atoms with E-state index < -0.39 is 33.6 Å². The van der Waals surface area contributed by atoms with Gasteiger partial charge in [0.15, 0.2) is 5.96 Å². The van der Waals surface area contributed by atoms with Crippen LogP contribution in [0, 0.1) is 35.5 Å². The van der Waals surface area contributed by atoms with Crippen LogP contribution < -0.4 is 16.2 Å². The molecule has 0 amide bonds. The lowest BCUT2D eigenvalue weighted by molar-refractivity contribution is -0.0416. The van der Waals surface area contributed by atoms with Crippen LogP contribution in [0.5, 0.6) is 11.5 Å². The minimum Gasteiger partial charge on any atom is -0.508 e. The average Bonchev–Trinajstić information content (AvgIpc) is 3.20. The van der Waals surface area contributed by atoms with Crippen molar-refractivity contribution >= 4 is 16.1 Å². The SMILES string of the molecule is CC1CCc2cc3ccc2C1CC(S(=O)(=O)O)C1C=C2CC(CC4OC2c2ccc(O)cc2C#CCC4CO)C1c1ccc(cc1)C(N=C(N)N)O3. The maximum atomic E-state index is 13.8. The van der Waals surface area contributed by atoms with Gasteiger partial charge in [-0.1, -0.05) is 61.2 Å². The van der Waals surface area contributed by atoms with E-state index in [9.17, 15) is 23.2 Å². The van der Waals surface area contributed by atoms with Gasteiger partial charge in [0, 0.05) is 41.6 Å². The Hall–Kier alpha value is -4.34. The summed E-state index contributed by atoms with van der Waals surface area (Å²) in [4.78, 5) is 4.42. The lowest BCUT2D eigenvalue weighted by atomic mass is 9.64. The van der Waals surface area contributed by atoms with E-state index in [1.54, 1.807) is 12.1 Å². The molecule has 0 saturated carbocycles. The maximum absolute atomic E-state index is 13.8. The topological polar surface area (TPSA) is 178 Å². The molecule has 10 nitrogen and oxygen atoms in total. The molecule has 7 N–H and O–H groups in total. The average molecular weight is 724 g/mol. The van der Waals surface area contributed by atoms with E-state index in [2.05, 4.69) is 29.8 Å². The van der Waals surface area contributed by atoms with Gasteiger partial charge in [-0.3, -0.25) is 4.55 Å². The summed E-state index contributed by atoms with van der Waals surface area (Å²) >= 11 is 0. The highest BCUT2D eigenvalue weighted by Crippen LogP contribution is 2.55. The van der Waals surface area contributed by atoms with E-state index in [1.165, 1.54) is 0 Å². The van der Waals surface area contributed by atoms with Gasteiger partial charge in [0.2, 0.25) is 6.23 Å². The van der Waals surface area contributed by atoms with E-state index in [0.29, 0.717) is 30.6 Å². The van der Waals surface area contributed by atoms with Crippen LogP contribution in [-0.4, -0.2) is 47.1 Å². The summed E-state index contributed by atoms with van der Waals surface area (Å²) in [5.41, 5.74) is 17.9. The molecule has 1 saturated heterocycles. The van der Waals surface area contributed by atoms with Gasteiger partial charge in [-0.25, -0.2) is 4.99 Å². The highest BCUT2D eigenvalue weighted by atomic mass is 32.2. The molecule has 0 radical (unpaired) electrons. The molecule has 10 unspecified atom stereocenters. The zero-order valence-electron chi connectivity index (χ0n) is 29.1. The normalized spacial score (nSPS) is 31.9. The standard InChI is InChI=1S/C41H45N3O7S/c1-22-5-6-26-17-31-12-14-32(26)34(22)20-37(52(47,48)49)35-18-29-15-28(38(35)23-7-9-24(10-8-23)40(50-31)44-41(42)43)19-36-27(21-45)4-2-3-25-16-30(46)11-13-33(25)39(29)51-36/h7-14,16-18,22,27-28,34-40,45-46H,4-6,15,19-21H2,1H3,(H4,42,43,44)(H,47,48,49). The van der Waals surface area contributed by atoms with Crippen LogP contribution in [0.1, 0.15) is 96.6 Å². The number of hydrogen-bond acceptors (Lipinski definition) is 7. The van der Waals surface area contributed by atoms with Crippen molar-refractivity contribution < 1.29 is 32.7 Å². The first-order valence-electron chi connectivity index (χ1n) is 18.2. The van der Waals surface area contributed by atoms with Gasteiger partial charge in [0.25, 0.3) is 10.1 Å². The van der Waals surface area contributed by atoms with Crippen molar-refractivity contribution in [2.24, 2.45) is 40.1 Å². The number of rotatable bonds is 3. The van der Waals surface area contributed by atoms with Crippen LogP contribution in [0.4, 0.5) is 0 Å². The molecule has 0 spiro atoms. The van der Waals surface area contributed by atoms with E-state index in [1.807, 2.05) is 48.5 Å². The summed E-state index contributed by atoms with van der Waals surface area (Å²) in [6.45, 7) is 2.04. The summed E-state index contributed by atoms with van der Waals surface area (Å²) < 4.78 is 52.3. The van der Waals surface area contributed by atoms with Crippen molar-refractivity contribution in [2.75, 3.05) is 6.61 Å². The van der Waals surface area contributed by atoms with Crippen molar-refractivity contribution in [2.45, 2.75) is 81.0 Å². The Morgan fingerprint density at radius 3 is 2.54 bits per heavy atom. The van der Waals surface area contributed by atoms with Gasteiger partial charge < -0.3 is 31.2 Å². The van der Waals surface area contributed by atoms with Crippen molar-refractivity contribution in [1.29, 1.82) is 0 Å². The molecule has 5 heterocycles. The second-order valence-electron chi connectivity index (χ2n) is 15.3. The number of hydrogen-bond donors (Lipinski definition) is 5. The third-order valence-electron chi connectivity index (χ3n) is 12.2. The molecule has 11 heteroatoms. The number of guanidine groups is 1. The Balaban J connectivity index is 1.35. The Morgan fingerprint density at radius 1 is 1.02 bits per heavy atom. The molecular formula is C41H45N3O7S.